The van der Waals surface area contributed by atoms with Gasteiger partial charge in [0.25, 0.3) is 0 Å². The van der Waals surface area contributed by atoms with Crippen molar-refractivity contribution in [2.75, 3.05) is 5.32 Å². The molecule has 6 nitrogen and oxygen atoms in total. The number of amides is 1. The van der Waals surface area contributed by atoms with E-state index < -0.39 is 23.1 Å². The quantitative estimate of drug-likeness (QED) is 0.782. The Morgan fingerprint density at radius 1 is 1.33 bits per heavy atom. The fourth-order valence-electron chi connectivity index (χ4n) is 1.83. The number of hydrogen-bond donors (Lipinski definition) is 2. The molecule has 7 heteroatoms. The van der Waals surface area contributed by atoms with Crippen LogP contribution in [0.3, 0.4) is 0 Å². The highest BCUT2D eigenvalue weighted by atomic mass is 32.2. The first kappa shape index (κ1) is 20.7. The van der Waals surface area contributed by atoms with Crippen LogP contribution in [0.2, 0.25) is 0 Å². The molecule has 1 aromatic heterocycles. The van der Waals surface area contributed by atoms with E-state index in [1.165, 1.54) is 0 Å². The fourth-order valence-corrected chi connectivity index (χ4v) is 2.75. The lowest BCUT2D eigenvalue weighted by Gasteiger charge is -2.27. The number of carbonyl (C=O) groups excluding carboxylic acids is 1. The minimum Gasteiger partial charge on any atom is -0.598 e. The second-order valence-electron chi connectivity index (χ2n) is 7.56. The molecule has 1 aromatic rings. The Balaban J connectivity index is 2.84. The van der Waals surface area contributed by atoms with Crippen LogP contribution in [-0.4, -0.2) is 26.0 Å². The Labute approximate surface area is 148 Å². The van der Waals surface area contributed by atoms with Crippen molar-refractivity contribution >= 4 is 23.3 Å². The number of anilines is 1. The van der Waals surface area contributed by atoms with Gasteiger partial charge in [0.05, 0.1) is 6.04 Å². The maximum absolute atomic E-state index is 12.3. The van der Waals surface area contributed by atoms with E-state index in [0.717, 1.165) is 12.0 Å². The van der Waals surface area contributed by atoms with Gasteiger partial charge in [0, 0.05) is 17.6 Å². The maximum Gasteiger partial charge on any atom is 0.413 e. The minimum absolute atomic E-state index is 0.0905. The van der Waals surface area contributed by atoms with Gasteiger partial charge in [-0.25, -0.2) is 9.78 Å². The van der Waals surface area contributed by atoms with Gasteiger partial charge >= 0.3 is 6.09 Å². The summed E-state index contributed by atoms with van der Waals surface area (Å²) in [6.45, 7) is 13.2. The third-order valence-corrected chi connectivity index (χ3v) is 4.64. The Kier molecular flexibility index (Phi) is 7.07. The maximum atomic E-state index is 12.3. The number of rotatable bonds is 5. The molecule has 0 fully saturated rings. The summed E-state index contributed by atoms with van der Waals surface area (Å²) in [5.74, 6) is 0.406. The monoisotopic (exact) mass is 355 g/mol. The second-order valence-corrected chi connectivity index (χ2v) is 9.56. The minimum atomic E-state index is -1.18. The third kappa shape index (κ3) is 7.07. The zero-order valence-electron chi connectivity index (χ0n) is 15.6. The van der Waals surface area contributed by atoms with Gasteiger partial charge in [0.2, 0.25) is 0 Å². The number of hydrogen-bond acceptors (Lipinski definition) is 5. The molecule has 0 saturated carbocycles. The smallest absolute Gasteiger partial charge is 0.413 e. The zero-order chi connectivity index (χ0) is 18.5. The molecular formula is C17H29N3O3S. The van der Waals surface area contributed by atoms with Crippen molar-refractivity contribution in [3.05, 3.63) is 23.9 Å². The Morgan fingerprint density at radius 2 is 1.96 bits per heavy atom. The van der Waals surface area contributed by atoms with Crippen LogP contribution in [-0.2, 0) is 16.1 Å². The number of pyridine rings is 1. The largest absolute Gasteiger partial charge is 0.598 e. The number of carbonyl (C=O) groups is 1. The predicted molar refractivity (Wildman–Crippen MR) is 98.2 cm³/mol. The van der Waals surface area contributed by atoms with Crippen LogP contribution in [0.4, 0.5) is 10.6 Å². The van der Waals surface area contributed by atoms with Crippen molar-refractivity contribution in [3.63, 3.8) is 0 Å². The van der Waals surface area contributed by atoms with Crippen molar-refractivity contribution in [1.82, 2.24) is 9.71 Å². The molecule has 2 atom stereocenters. The lowest BCUT2D eigenvalue weighted by atomic mass is 10.1. The van der Waals surface area contributed by atoms with Gasteiger partial charge in [0.1, 0.15) is 16.2 Å². The van der Waals surface area contributed by atoms with E-state index in [1.807, 2.05) is 33.8 Å². The molecule has 136 valence electrons. The van der Waals surface area contributed by atoms with E-state index in [0.29, 0.717) is 5.82 Å². The van der Waals surface area contributed by atoms with Gasteiger partial charge in [-0.1, -0.05) is 6.92 Å². The van der Waals surface area contributed by atoms with Gasteiger partial charge in [-0.2, -0.15) is 0 Å². The van der Waals surface area contributed by atoms with Crippen molar-refractivity contribution in [1.29, 1.82) is 0 Å². The normalized spacial score (nSPS) is 14.8. The van der Waals surface area contributed by atoms with E-state index >= 15 is 0 Å². The van der Waals surface area contributed by atoms with Crippen LogP contribution in [0.1, 0.15) is 66.5 Å². The molecule has 1 rings (SSSR count). The van der Waals surface area contributed by atoms with Gasteiger partial charge < -0.3 is 9.29 Å². The summed E-state index contributed by atoms with van der Waals surface area (Å²) in [4.78, 5) is 16.0. The van der Waals surface area contributed by atoms with E-state index in [9.17, 15) is 9.35 Å². The van der Waals surface area contributed by atoms with Crippen molar-refractivity contribution in [3.8, 4) is 0 Å². The Morgan fingerprint density at radius 3 is 2.46 bits per heavy atom. The van der Waals surface area contributed by atoms with E-state index in [4.69, 9.17) is 4.74 Å². The molecule has 0 spiro atoms. The first-order chi connectivity index (χ1) is 10.9. The van der Waals surface area contributed by atoms with Crippen molar-refractivity contribution in [2.45, 2.75) is 71.3 Å². The van der Waals surface area contributed by atoms with Crippen LogP contribution in [0, 0.1) is 0 Å². The summed E-state index contributed by atoms with van der Waals surface area (Å²) < 4.78 is 20.3. The summed E-state index contributed by atoms with van der Waals surface area (Å²) >= 11 is -1.18. The lowest BCUT2D eigenvalue weighted by Crippen LogP contribution is -2.41. The molecule has 0 aromatic carbocycles. The molecule has 0 aliphatic carbocycles. The summed E-state index contributed by atoms with van der Waals surface area (Å²) in [7, 11) is 0. The first-order valence-corrected chi connectivity index (χ1v) is 9.21. The van der Waals surface area contributed by atoms with E-state index in [-0.39, 0.29) is 10.8 Å². The average Bonchev–Trinajstić information content (AvgIpc) is 2.41. The van der Waals surface area contributed by atoms with Crippen LogP contribution >= 0.6 is 0 Å². The SMILES string of the molecule is CCC(N[S+]([O-])C(C)(C)C)c1ccnc(NC(=O)OC(C)(C)C)c1. The third-order valence-electron chi connectivity index (χ3n) is 3.03. The number of nitrogens with zero attached hydrogens (tertiary/aromatic N) is 1. The van der Waals surface area contributed by atoms with Crippen molar-refractivity contribution in [2.24, 2.45) is 0 Å². The number of aromatic nitrogens is 1. The Hall–Kier alpha value is -1.31. The second kappa shape index (κ2) is 8.18. The van der Waals surface area contributed by atoms with E-state index in [2.05, 4.69) is 15.0 Å². The van der Waals surface area contributed by atoms with Gasteiger partial charge in [-0.3, -0.25) is 5.32 Å². The molecule has 1 amide bonds. The van der Waals surface area contributed by atoms with Crippen LogP contribution in [0.25, 0.3) is 0 Å². The molecule has 0 aliphatic heterocycles. The highest BCUT2D eigenvalue weighted by Gasteiger charge is 2.29. The molecule has 0 bridgehead atoms. The highest BCUT2D eigenvalue weighted by Crippen LogP contribution is 2.23. The van der Waals surface area contributed by atoms with Crippen LogP contribution in [0.5, 0.6) is 0 Å². The lowest BCUT2D eigenvalue weighted by molar-refractivity contribution is 0.0635. The van der Waals surface area contributed by atoms with Gasteiger partial charge in [-0.15, -0.1) is 4.72 Å². The summed E-state index contributed by atoms with van der Waals surface area (Å²) in [5.41, 5.74) is 0.342. The van der Waals surface area contributed by atoms with Gasteiger partial charge in [-0.05, 0) is 65.7 Å². The standard InChI is InChI=1S/C17H29N3O3S/c1-8-13(20-24(22)17(5,6)7)12-9-10-18-14(11-12)19-15(21)23-16(2,3)4/h9-11,13,20H,8H2,1-7H3,(H,18,19,21). The van der Waals surface area contributed by atoms with Crippen LogP contribution < -0.4 is 10.0 Å². The van der Waals surface area contributed by atoms with Crippen molar-refractivity contribution < 1.29 is 14.1 Å². The number of nitrogens with one attached hydrogen (secondary N) is 2. The Bertz CT molecular complexity index is 553. The molecule has 0 radical (unpaired) electrons. The first-order valence-electron chi connectivity index (χ1n) is 8.06. The number of ether oxygens (including phenoxy) is 1. The molecule has 0 aliphatic rings. The predicted octanol–water partition coefficient (Wildman–Crippen LogP) is 3.93. The molecule has 1 heterocycles. The van der Waals surface area contributed by atoms with Crippen LogP contribution in [0.15, 0.2) is 18.3 Å². The summed E-state index contributed by atoms with van der Waals surface area (Å²) in [6, 6.07) is 3.53. The topological polar surface area (TPSA) is 86.3 Å². The molecular weight excluding hydrogens is 326 g/mol. The fraction of sp³-hybridized carbons (Fsp3) is 0.647. The summed E-state index contributed by atoms with van der Waals surface area (Å²) in [6.07, 6.45) is 1.83. The molecule has 2 unspecified atom stereocenters. The molecule has 24 heavy (non-hydrogen) atoms. The average molecular weight is 356 g/mol. The molecule has 0 saturated heterocycles. The zero-order valence-corrected chi connectivity index (χ0v) is 16.4. The molecule has 2 N–H and O–H groups in total. The summed E-state index contributed by atoms with van der Waals surface area (Å²) in [5, 5.41) is 2.63. The highest BCUT2D eigenvalue weighted by molar-refractivity contribution is 7.90. The van der Waals surface area contributed by atoms with Gasteiger partial charge in [0.15, 0.2) is 0 Å². The van der Waals surface area contributed by atoms with E-state index in [1.54, 1.807) is 33.0 Å².